The molecule has 0 amide bonds. The minimum Gasteiger partial charge on any atom is -0.381 e. The molecular formula is C11H15BrN2OS. The summed E-state index contributed by atoms with van der Waals surface area (Å²) in [6, 6.07) is 1.19. The first kappa shape index (κ1) is 11.1. The Morgan fingerprint density at radius 2 is 2.38 bits per heavy atom. The fourth-order valence-electron chi connectivity index (χ4n) is 2.65. The van der Waals surface area contributed by atoms with Crippen LogP contribution in [0.5, 0.6) is 0 Å². The lowest BCUT2D eigenvalue weighted by molar-refractivity contribution is 0.0448. The number of rotatable bonds is 2. The fraction of sp³-hybridized carbons (Fsp3) is 0.727. The van der Waals surface area contributed by atoms with Crippen LogP contribution in [0.15, 0.2) is 9.98 Å². The number of aromatic nitrogens is 1. The number of nitrogens with zero attached hydrogens (tertiary/aromatic N) is 2. The molecule has 0 radical (unpaired) electrons. The zero-order chi connectivity index (χ0) is 11.3. The summed E-state index contributed by atoms with van der Waals surface area (Å²) in [5.74, 6) is 0. The van der Waals surface area contributed by atoms with Crippen LogP contribution in [-0.2, 0) is 5.60 Å². The van der Waals surface area contributed by atoms with Crippen molar-refractivity contribution in [1.29, 1.82) is 0 Å². The minimum absolute atomic E-state index is 0.472. The molecule has 1 N–H and O–H groups in total. The van der Waals surface area contributed by atoms with Gasteiger partial charge in [0.15, 0.2) is 0 Å². The van der Waals surface area contributed by atoms with Gasteiger partial charge in [-0.05, 0) is 42.1 Å². The first-order valence-electron chi connectivity index (χ1n) is 5.68. The summed E-state index contributed by atoms with van der Waals surface area (Å²) in [6.45, 7) is 2.96. The van der Waals surface area contributed by atoms with Gasteiger partial charge in [0.1, 0.15) is 15.2 Å². The molecule has 16 heavy (non-hydrogen) atoms. The highest BCUT2D eigenvalue weighted by Crippen LogP contribution is 2.42. The van der Waals surface area contributed by atoms with Crippen LogP contribution in [0, 0.1) is 0 Å². The molecule has 1 saturated heterocycles. The SMILES string of the molecule is CC1CC(O)(c2nc(Br)cs2)CN1C1CC1. The molecule has 1 aromatic rings. The third-order valence-electron chi connectivity index (χ3n) is 3.53. The Hall–Kier alpha value is 0.0300. The number of hydrogen-bond donors (Lipinski definition) is 1. The molecule has 1 aliphatic heterocycles. The molecule has 2 unspecified atom stereocenters. The maximum atomic E-state index is 10.7. The molecule has 2 fully saturated rings. The predicted octanol–water partition coefficient (Wildman–Crippen LogP) is 2.35. The van der Waals surface area contributed by atoms with E-state index in [0.29, 0.717) is 12.1 Å². The summed E-state index contributed by atoms with van der Waals surface area (Å²) < 4.78 is 0.832. The lowest BCUT2D eigenvalue weighted by Crippen LogP contribution is -2.33. The van der Waals surface area contributed by atoms with Crippen molar-refractivity contribution < 1.29 is 5.11 Å². The molecule has 5 heteroatoms. The lowest BCUT2D eigenvalue weighted by atomic mass is 10.0. The second-order valence-electron chi connectivity index (χ2n) is 4.96. The van der Waals surface area contributed by atoms with Crippen molar-refractivity contribution in [3.63, 3.8) is 0 Å². The highest BCUT2D eigenvalue weighted by molar-refractivity contribution is 9.10. The van der Waals surface area contributed by atoms with E-state index in [9.17, 15) is 5.11 Å². The van der Waals surface area contributed by atoms with Gasteiger partial charge in [0.25, 0.3) is 0 Å². The Bertz CT molecular complexity index is 406. The molecule has 3 rings (SSSR count). The van der Waals surface area contributed by atoms with Gasteiger partial charge in [0.05, 0.1) is 0 Å². The summed E-state index contributed by atoms with van der Waals surface area (Å²) in [6.07, 6.45) is 3.40. The van der Waals surface area contributed by atoms with Gasteiger partial charge in [-0.2, -0.15) is 0 Å². The molecule has 0 aromatic carbocycles. The summed E-state index contributed by atoms with van der Waals surface area (Å²) in [4.78, 5) is 6.81. The van der Waals surface area contributed by atoms with Gasteiger partial charge in [-0.1, -0.05) is 0 Å². The van der Waals surface area contributed by atoms with Crippen molar-refractivity contribution in [3.05, 3.63) is 15.0 Å². The monoisotopic (exact) mass is 302 g/mol. The van der Waals surface area contributed by atoms with E-state index < -0.39 is 5.60 Å². The van der Waals surface area contributed by atoms with E-state index >= 15 is 0 Å². The zero-order valence-electron chi connectivity index (χ0n) is 9.19. The van der Waals surface area contributed by atoms with E-state index in [1.807, 2.05) is 5.38 Å². The van der Waals surface area contributed by atoms with Crippen molar-refractivity contribution >= 4 is 27.3 Å². The van der Waals surface area contributed by atoms with Crippen molar-refractivity contribution in [2.45, 2.75) is 43.9 Å². The van der Waals surface area contributed by atoms with Gasteiger partial charge >= 0.3 is 0 Å². The van der Waals surface area contributed by atoms with Crippen LogP contribution in [-0.4, -0.2) is 33.6 Å². The van der Waals surface area contributed by atoms with E-state index in [4.69, 9.17) is 0 Å². The summed E-state index contributed by atoms with van der Waals surface area (Å²) in [7, 11) is 0. The van der Waals surface area contributed by atoms with Crippen LogP contribution in [0.25, 0.3) is 0 Å². The fourth-order valence-corrected chi connectivity index (χ4v) is 4.00. The summed E-state index contributed by atoms with van der Waals surface area (Å²) in [5.41, 5.74) is -0.724. The van der Waals surface area contributed by atoms with Gasteiger partial charge in [0.2, 0.25) is 0 Å². The number of halogens is 1. The highest BCUT2D eigenvalue weighted by atomic mass is 79.9. The smallest absolute Gasteiger partial charge is 0.130 e. The molecule has 2 atom stereocenters. The third kappa shape index (κ3) is 1.83. The zero-order valence-corrected chi connectivity index (χ0v) is 11.6. The number of hydrogen-bond acceptors (Lipinski definition) is 4. The first-order valence-corrected chi connectivity index (χ1v) is 7.35. The van der Waals surface area contributed by atoms with Crippen molar-refractivity contribution in [3.8, 4) is 0 Å². The Morgan fingerprint density at radius 3 is 2.94 bits per heavy atom. The third-order valence-corrected chi connectivity index (χ3v) is 5.28. The van der Waals surface area contributed by atoms with Gasteiger partial charge in [-0.15, -0.1) is 11.3 Å². The quantitative estimate of drug-likeness (QED) is 0.911. The van der Waals surface area contributed by atoms with E-state index in [1.54, 1.807) is 11.3 Å². The van der Waals surface area contributed by atoms with E-state index in [0.717, 1.165) is 22.6 Å². The molecule has 1 aliphatic carbocycles. The van der Waals surface area contributed by atoms with Crippen LogP contribution in [0.1, 0.15) is 31.2 Å². The number of β-amino-alcohol motifs (C(OH)–C–C–N with tert-alkyl or cyclic N) is 1. The maximum absolute atomic E-state index is 10.7. The van der Waals surface area contributed by atoms with Gasteiger partial charge in [-0.3, -0.25) is 4.90 Å². The van der Waals surface area contributed by atoms with Crippen LogP contribution in [0.3, 0.4) is 0 Å². The maximum Gasteiger partial charge on any atom is 0.130 e. The lowest BCUT2D eigenvalue weighted by Gasteiger charge is -2.21. The molecule has 2 aliphatic rings. The first-order chi connectivity index (χ1) is 7.58. The second-order valence-corrected chi connectivity index (χ2v) is 6.63. The molecule has 3 nitrogen and oxygen atoms in total. The minimum atomic E-state index is -0.724. The van der Waals surface area contributed by atoms with Crippen molar-refractivity contribution in [2.24, 2.45) is 0 Å². The molecule has 0 bridgehead atoms. The molecule has 0 spiro atoms. The Morgan fingerprint density at radius 1 is 1.62 bits per heavy atom. The van der Waals surface area contributed by atoms with Gasteiger partial charge < -0.3 is 5.11 Å². The van der Waals surface area contributed by atoms with E-state index in [2.05, 4.69) is 32.7 Å². The Balaban J connectivity index is 1.84. The second kappa shape index (κ2) is 3.77. The summed E-state index contributed by atoms with van der Waals surface area (Å²) in [5, 5.41) is 13.5. The molecule has 2 heterocycles. The average Bonchev–Trinajstić information content (AvgIpc) is 2.89. The van der Waals surface area contributed by atoms with E-state index in [-0.39, 0.29) is 0 Å². The Labute approximate surface area is 108 Å². The van der Waals surface area contributed by atoms with Crippen LogP contribution in [0.2, 0.25) is 0 Å². The number of aliphatic hydroxyl groups is 1. The van der Waals surface area contributed by atoms with Gasteiger partial charge in [-0.25, -0.2) is 4.98 Å². The highest BCUT2D eigenvalue weighted by Gasteiger charge is 2.48. The largest absolute Gasteiger partial charge is 0.381 e. The van der Waals surface area contributed by atoms with Gasteiger partial charge in [0, 0.05) is 24.0 Å². The standard InChI is InChI=1S/C11H15BrN2OS/c1-7-4-11(15,6-14(7)8-2-3-8)10-13-9(12)5-16-10/h5,7-8,15H,2-4,6H2,1H3. The normalized spacial score (nSPS) is 35.8. The average molecular weight is 303 g/mol. The summed E-state index contributed by atoms with van der Waals surface area (Å²) >= 11 is 4.90. The Kier molecular flexibility index (Phi) is 2.62. The number of thiazole rings is 1. The number of likely N-dealkylation sites (tertiary alicyclic amines) is 1. The van der Waals surface area contributed by atoms with Crippen molar-refractivity contribution in [2.75, 3.05) is 6.54 Å². The van der Waals surface area contributed by atoms with Crippen LogP contribution < -0.4 is 0 Å². The molecule has 1 aromatic heterocycles. The molecule has 1 saturated carbocycles. The molecular weight excluding hydrogens is 288 g/mol. The topological polar surface area (TPSA) is 36.4 Å². The van der Waals surface area contributed by atoms with Crippen molar-refractivity contribution in [1.82, 2.24) is 9.88 Å². The predicted molar refractivity (Wildman–Crippen MR) is 67.5 cm³/mol. The molecule has 88 valence electrons. The van der Waals surface area contributed by atoms with E-state index in [1.165, 1.54) is 12.8 Å². The van der Waals surface area contributed by atoms with Crippen LogP contribution in [0.4, 0.5) is 0 Å². The van der Waals surface area contributed by atoms with Crippen LogP contribution >= 0.6 is 27.3 Å².